The molecular weight excluding hydrogens is 171 g/mol. The van der Waals surface area contributed by atoms with Gasteiger partial charge in [-0.05, 0) is 18.2 Å². The molecule has 0 aliphatic heterocycles. The lowest BCUT2D eigenvalue weighted by molar-refractivity contribution is 0.112. The number of nitrogens with zero attached hydrogens (tertiary/aromatic N) is 2. The number of hydrogen-bond acceptors (Lipinski definition) is 3. The highest BCUT2D eigenvalue weighted by Gasteiger charge is 2.02. The quantitative estimate of drug-likeness (QED) is 0.619. The SMILES string of the molecule is O=Cc1ncnc2ccc(F)cc12. The van der Waals surface area contributed by atoms with Gasteiger partial charge in [0.15, 0.2) is 6.29 Å². The minimum Gasteiger partial charge on any atom is -0.296 e. The zero-order chi connectivity index (χ0) is 9.26. The molecule has 0 N–H and O–H groups in total. The second-order valence-corrected chi connectivity index (χ2v) is 2.54. The van der Waals surface area contributed by atoms with Crippen LogP contribution in [-0.2, 0) is 0 Å². The molecule has 0 aliphatic carbocycles. The Balaban J connectivity index is 2.86. The third-order valence-electron chi connectivity index (χ3n) is 1.74. The first-order valence-electron chi connectivity index (χ1n) is 3.67. The number of aldehydes is 1. The Labute approximate surface area is 73.2 Å². The molecule has 0 saturated heterocycles. The smallest absolute Gasteiger partial charge is 0.169 e. The van der Waals surface area contributed by atoms with Crippen LogP contribution in [0.4, 0.5) is 4.39 Å². The van der Waals surface area contributed by atoms with Gasteiger partial charge in [0.2, 0.25) is 0 Å². The molecule has 0 spiro atoms. The van der Waals surface area contributed by atoms with E-state index in [1.807, 2.05) is 0 Å². The van der Waals surface area contributed by atoms with Gasteiger partial charge in [0.1, 0.15) is 17.8 Å². The third kappa shape index (κ3) is 1.26. The lowest BCUT2D eigenvalue weighted by Crippen LogP contribution is -1.91. The van der Waals surface area contributed by atoms with Gasteiger partial charge in [-0.1, -0.05) is 0 Å². The largest absolute Gasteiger partial charge is 0.296 e. The van der Waals surface area contributed by atoms with E-state index in [4.69, 9.17) is 0 Å². The number of benzene rings is 1. The van der Waals surface area contributed by atoms with Crippen LogP contribution in [0.1, 0.15) is 10.5 Å². The van der Waals surface area contributed by atoms with E-state index in [0.29, 0.717) is 17.2 Å². The lowest BCUT2D eigenvalue weighted by Gasteiger charge is -1.97. The molecule has 1 heterocycles. The molecule has 0 fully saturated rings. The highest BCUT2D eigenvalue weighted by molar-refractivity contribution is 5.93. The fraction of sp³-hybridized carbons (Fsp3) is 0. The number of carbonyl (C=O) groups excluding carboxylic acids is 1. The first-order chi connectivity index (χ1) is 6.31. The third-order valence-corrected chi connectivity index (χ3v) is 1.74. The average Bonchev–Trinajstić information content (AvgIpc) is 2.17. The number of carbonyl (C=O) groups is 1. The normalized spacial score (nSPS) is 10.2. The molecule has 0 amide bonds. The van der Waals surface area contributed by atoms with Crippen molar-refractivity contribution in [1.82, 2.24) is 9.97 Å². The Hall–Kier alpha value is -1.84. The summed E-state index contributed by atoms with van der Waals surface area (Å²) in [4.78, 5) is 18.1. The van der Waals surface area contributed by atoms with E-state index in [1.165, 1.54) is 24.5 Å². The molecule has 0 unspecified atom stereocenters. The minimum atomic E-state index is -0.398. The summed E-state index contributed by atoms with van der Waals surface area (Å²) in [5, 5.41) is 0.442. The summed E-state index contributed by atoms with van der Waals surface area (Å²) in [5.74, 6) is -0.398. The number of rotatable bonds is 1. The molecule has 0 aliphatic rings. The first-order valence-corrected chi connectivity index (χ1v) is 3.67. The van der Waals surface area contributed by atoms with Crippen LogP contribution in [-0.4, -0.2) is 16.3 Å². The predicted molar refractivity (Wildman–Crippen MR) is 44.9 cm³/mol. The molecule has 1 aromatic heterocycles. The molecule has 2 rings (SSSR count). The van der Waals surface area contributed by atoms with Crippen molar-refractivity contribution in [2.24, 2.45) is 0 Å². The van der Waals surface area contributed by atoms with Crippen molar-refractivity contribution in [3.05, 3.63) is 36.0 Å². The summed E-state index contributed by atoms with van der Waals surface area (Å²) in [6, 6.07) is 4.06. The van der Waals surface area contributed by atoms with Crippen LogP contribution in [0.3, 0.4) is 0 Å². The van der Waals surface area contributed by atoms with Crippen LogP contribution in [0.2, 0.25) is 0 Å². The van der Waals surface area contributed by atoms with Crippen molar-refractivity contribution in [2.45, 2.75) is 0 Å². The summed E-state index contributed by atoms with van der Waals surface area (Å²) in [6.07, 6.45) is 1.87. The number of halogens is 1. The molecule has 4 heteroatoms. The zero-order valence-electron chi connectivity index (χ0n) is 6.57. The van der Waals surface area contributed by atoms with E-state index in [2.05, 4.69) is 9.97 Å². The van der Waals surface area contributed by atoms with Gasteiger partial charge in [-0.3, -0.25) is 4.79 Å². The van der Waals surface area contributed by atoms with Crippen molar-refractivity contribution in [1.29, 1.82) is 0 Å². The Morgan fingerprint density at radius 2 is 2.15 bits per heavy atom. The molecule has 0 saturated carbocycles. The number of aromatic nitrogens is 2. The van der Waals surface area contributed by atoms with Gasteiger partial charge in [-0.2, -0.15) is 0 Å². The van der Waals surface area contributed by atoms with Crippen molar-refractivity contribution < 1.29 is 9.18 Å². The standard InChI is InChI=1S/C9H5FN2O/c10-6-1-2-8-7(3-6)9(4-13)12-5-11-8/h1-5H. The lowest BCUT2D eigenvalue weighted by atomic mass is 10.2. The summed E-state index contributed by atoms with van der Waals surface area (Å²) in [5.41, 5.74) is 0.781. The van der Waals surface area contributed by atoms with Crippen LogP contribution in [0.5, 0.6) is 0 Å². The topological polar surface area (TPSA) is 42.9 Å². The molecule has 1 aromatic carbocycles. The van der Waals surface area contributed by atoms with E-state index < -0.39 is 5.82 Å². The van der Waals surface area contributed by atoms with Crippen molar-refractivity contribution in [3.63, 3.8) is 0 Å². The van der Waals surface area contributed by atoms with Gasteiger partial charge < -0.3 is 0 Å². The second-order valence-electron chi connectivity index (χ2n) is 2.54. The molecular formula is C9H5FN2O. The highest BCUT2D eigenvalue weighted by atomic mass is 19.1. The van der Waals surface area contributed by atoms with E-state index in [9.17, 15) is 9.18 Å². The maximum atomic E-state index is 12.8. The van der Waals surface area contributed by atoms with Crippen LogP contribution in [0, 0.1) is 5.82 Å². The summed E-state index contributed by atoms with van der Waals surface area (Å²) < 4.78 is 12.8. The molecule has 2 aromatic rings. The number of fused-ring (bicyclic) bond motifs is 1. The van der Waals surface area contributed by atoms with Gasteiger partial charge in [-0.15, -0.1) is 0 Å². The van der Waals surface area contributed by atoms with Gasteiger partial charge >= 0.3 is 0 Å². The molecule has 0 atom stereocenters. The summed E-state index contributed by atoms with van der Waals surface area (Å²) in [6.45, 7) is 0. The zero-order valence-corrected chi connectivity index (χ0v) is 6.57. The fourth-order valence-corrected chi connectivity index (χ4v) is 1.14. The average molecular weight is 176 g/mol. The Morgan fingerprint density at radius 3 is 2.92 bits per heavy atom. The Morgan fingerprint density at radius 1 is 1.31 bits per heavy atom. The molecule has 64 valence electrons. The Kier molecular flexibility index (Phi) is 1.73. The van der Waals surface area contributed by atoms with Gasteiger partial charge in [0.25, 0.3) is 0 Å². The van der Waals surface area contributed by atoms with Crippen LogP contribution in [0.25, 0.3) is 10.9 Å². The first kappa shape index (κ1) is 7.79. The minimum absolute atomic E-state index is 0.213. The maximum absolute atomic E-state index is 12.8. The van der Waals surface area contributed by atoms with E-state index in [-0.39, 0.29) is 5.69 Å². The summed E-state index contributed by atoms with van der Waals surface area (Å²) >= 11 is 0. The van der Waals surface area contributed by atoms with E-state index in [1.54, 1.807) is 0 Å². The monoisotopic (exact) mass is 176 g/mol. The molecule has 0 bridgehead atoms. The van der Waals surface area contributed by atoms with E-state index >= 15 is 0 Å². The maximum Gasteiger partial charge on any atom is 0.169 e. The van der Waals surface area contributed by atoms with Gasteiger partial charge in [-0.25, -0.2) is 14.4 Å². The number of hydrogen-bond donors (Lipinski definition) is 0. The van der Waals surface area contributed by atoms with Crippen molar-refractivity contribution in [2.75, 3.05) is 0 Å². The molecule has 3 nitrogen and oxygen atoms in total. The van der Waals surface area contributed by atoms with Crippen LogP contribution >= 0.6 is 0 Å². The molecule has 13 heavy (non-hydrogen) atoms. The van der Waals surface area contributed by atoms with E-state index in [0.717, 1.165) is 0 Å². The van der Waals surface area contributed by atoms with Gasteiger partial charge in [0, 0.05) is 5.39 Å². The second kappa shape index (κ2) is 2.90. The Bertz CT molecular complexity index is 470. The summed E-state index contributed by atoms with van der Waals surface area (Å²) in [7, 11) is 0. The predicted octanol–water partition coefficient (Wildman–Crippen LogP) is 1.58. The van der Waals surface area contributed by atoms with Gasteiger partial charge in [0.05, 0.1) is 5.52 Å². The fourth-order valence-electron chi connectivity index (χ4n) is 1.14. The molecule has 0 radical (unpaired) electrons. The van der Waals surface area contributed by atoms with Crippen LogP contribution < -0.4 is 0 Å². The highest BCUT2D eigenvalue weighted by Crippen LogP contribution is 2.14. The van der Waals surface area contributed by atoms with Crippen molar-refractivity contribution in [3.8, 4) is 0 Å². The van der Waals surface area contributed by atoms with Crippen molar-refractivity contribution >= 4 is 17.2 Å². The van der Waals surface area contributed by atoms with Crippen LogP contribution in [0.15, 0.2) is 24.5 Å².